The molecule has 0 radical (unpaired) electrons. The zero-order valence-electron chi connectivity index (χ0n) is 19.4. The zero-order chi connectivity index (χ0) is 22.8. The number of rotatable bonds is 4. The maximum atomic E-state index is 13.6. The van der Waals surface area contributed by atoms with Gasteiger partial charge in [0.15, 0.2) is 0 Å². The molecule has 2 aliphatic rings. The van der Waals surface area contributed by atoms with Gasteiger partial charge in [-0.3, -0.25) is 4.79 Å². The molecule has 33 heavy (non-hydrogen) atoms. The van der Waals surface area contributed by atoms with Crippen molar-refractivity contribution in [2.24, 2.45) is 0 Å². The van der Waals surface area contributed by atoms with Crippen molar-refractivity contribution in [1.82, 2.24) is 19.8 Å². The third kappa shape index (κ3) is 4.35. The number of carbonyl (C=O) groups is 1. The average molecular weight is 442 g/mol. The molecule has 2 aromatic carbocycles. The number of hydrogen-bond acceptors (Lipinski definition) is 5. The van der Waals surface area contributed by atoms with Gasteiger partial charge in [0.2, 0.25) is 0 Å². The highest BCUT2D eigenvalue weighted by Gasteiger charge is 2.29. The van der Waals surface area contributed by atoms with Crippen LogP contribution in [0.4, 0.5) is 5.82 Å². The number of piperidine rings is 1. The average Bonchev–Trinajstić information content (AvgIpc) is 2.87. The molecular formula is C27H31N5O. The van der Waals surface area contributed by atoms with Gasteiger partial charge < -0.3 is 15.1 Å². The van der Waals surface area contributed by atoms with Crippen LogP contribution in [-0.2, 0) is 13.0 Å². The van der Waals surface area contributed by atoms with Gasteiger partial charge in [0.1, 0.15) is 11.6 Å². The molecule has 0 bridgehead atoms. The number of amides is 1. The molecule has 6 nitrogen and oxygen atoms in total. The Kier molecular flexibility index (Phi) is 6.09. The lowest BCUT2D eigenvalue weighted by Gasteiger charge is -2.32. The molecular weight excluding hydrogens is 410 g/mol. The molecule has 0 spiro atoms. The van der Waals surface area contributed by atoms with Crippen molar-refractivity contribution in [3.63, 3.8) is 0 Å². The van der Waals surface area contributed by atoms with E-state index in [0.717, 1.165) is 65.5 Å². The number of fused-ring (bicyclic) bond motifs is 1. The van der Waals surface area contributed by atoms with Crippen molar-refractivity contribution in [3.05, 3.63) is 77.2 Å². The number of anilines is 1. The van der Waals surface area contributed by atoms with E-state index in [2.05, 4.69) is 29.4 Å². The van der Waals surface area contributed by atoms with Crippen molar-refractivity contribution in [3.8, 4) is 11.1 Å². The van der Waals surface area contributed by atoms with Gasteiger partial charge in [-0.2, -0.15) is 0 Å². The van der Waals surface area contributed by atoms with Gasteiger partial charge in [0.25, 0.3) is 5.91 Å². The van der Waals surface area contributed by atoms with Crippen LogP contribution in [0.1, 0.15) is 46.2 Å². The molecule has 1 aromatic heterocycles. The lowest BCUT2D eigenvalue weighted by Crippen LogP contribution is -2.38. The molecule has 5 rings (SSSR count). The van der Waals surface area contributed by atoms with E-state index < -0.39 is 0 Å². The summed E-state index contributed by atoms with van der Waals surface area (Å²) < 4.78 is 0. The number of nitrogens with zero attached hydrogens (tertiary/aromatic N) is 4. The first-order chi connectivity index (χ1) is 16.1. The summed E-state index contributed by atoms with van der Waals surface area (Å²) >= 11 is 0. The quantitative estimate of drug-likeness (QED) is 0.658. The van der Waals surface area contributed by atoms with Gasteiger partial charge in [0.05, 0.1) is 12.2 Å². The second kappa shape index (κ2) is 9.32. The Morgan fingerprint density at radius 1 is 1.03 bits per heavy atom. The number of likely N-dealkylation sites (tertiary alicyclic amines) is 1. The van der Waals surface area contributed by atoms with Crippen molar-refractivity contribution >= 4 is 11.7 Å². The van der Waals surface area contributed by atoms with Crippen LogP contribution in [0.15, 0.2) is 54.6 Å². The van der Waals surface area contributed by atoms with E-state index in [1.807, 2.05) is 54.4 Å². The smallest absolute Gasteiger partial charge is 0.254 e. The Hall–Kier alpha value is -3.25. The third-order valence-corrected chi connectivity index (χ3v) is 6.83. The van der Waals surface area contributed by atoms with Crippen LogP contribution in [0, 0.1) is 0 Å². The Morgan fingerprint density at radius 3 is 2.61 bits per heavy atom. The molecule has 0 aliphatic carbocycles. The number of aromatic nitrogens is 2. The number of carbonyl (C=O) groups excluding carboxylic acids is 1. The molecule has 6 heteroatoms. The first-order valence-electron chi connectivity index (χ1n) is 11.8. The maximum absolute atomic E-state index is 13.6. The van der Waals surface area contributed by atoms with Crippen molar-refractivity contribution in [1.29, 1.82) is 0 Å². The summed E-state index contributed by atoms with van der Waals surface area (Å²) in [5.41, 5.74) is 4.89. The van der Waals surface area contributed by atoms with Crippen LogP contribution in [0.3, 0.4) is 0 Å². The van der Waals surface area contributed by atoms with Gasteiger partial charge in [-0.1, -0.05) is 48.5 Å². The van der Waals surface area contributed by atoms with E-state index in [0.29, 0.717) is 19.0 Å². The van der Waals surface area contributed by atoms with Gasteiger partial charge in [-0.25, -0.2) is 9.97 Å². The summed E-state index contributed by atoms with van der Waals surface area (Å²) in [6.07, 6.45) is 3.06. The minimum atomic E-state index is 0.0557. The van der Waals surface area contributed by atoms with Crippen molar-refractivity contribution < 1.29 is 4.79 Å². The molecule has 1 saturated heterocycles. The summed E-state index contributed by atoms with van der Waals surface area (Å²) in [4.78, 5) is 27.8. The Bertz CT molecular complexity index is 1130. The van der Waals surface area contributed by atoms with E-state index in [4.69, 9.17) is 9.97 Å². The van der Waals surface area contributed by atoms with Crippen LogP contribution in [0.2, 0.25) is 0 Å². The fourth-order valence-corrected chi connectivity index (χ4v) is 5.08. The van der Waals surface area contributed by atoms with Crippen LogP contribution in [0.5, 0.6) is 0 Å². The normalized spacial score (nSPS) is 18.6. The van der Waals surface area contributed by atoms with Crippen LogP contribution in [-0.4, -0.2) is 59.4 Å². The zero-order valence-corrected chi connectivity index (χ0v) is 19.4. The Labute approximate surface area is 195 Å². The minimum Gasteiger partial charge on any atom is -0.373 e. The predicted molar refractivity (Wildman–Crippen MR) is 131 cm³/mol. The number of nitrogens with one attached hydrogen (secondary N) is 1. The highest BCUT2D eigenvalue weighted by Crippen LogP contribution is 2.31. The summed E-state index contributed by atoms with van der Waals surface area (Å²) in [5.74, 6) is 2.23. The number of hydrogen-bond donors (Lipinski definition) is 1. The SMILES string of the molecule is CNc1nc([C@H]2CCCN(C)C2)nc2c1CN(C(=O)c1ccccc1-c1ccccc1)CC2. The molecule has 1 fully saturated rings. The largest absolute Gasteiger partial charge is 0.373 e. The van der Waals surface area contributed by atoms with Gasteiger partial charge >= 0.3 is 0 Å². The van der Waals surface area contributed by atoms with Gasteiger partial charge in [-0.05, 0) is 43.6 Å². The second-order valence-corrected chi connectivity index (χ2v) is 9.10. The Morgan fingerprint density at radius 2 is 1.82 bits per heavy atom. The fourth-order valence-electron chi connectivity index (χ4n) is 5.08. The lowest BCUT2D eigenvalue weighted by atomic mass is 9.96. The van der Waals surface area contributed by atoms with E-state index in [9.17, 15) is 4.79 Å². The van der Waals surface area contributed by atoms with E-state index in [1.54, 1.807) is 0 Å². The second-order valence-electron chi connectivity index (χ2n) is 9.10. The molecule has 1 amide bonds. The third-order valence-electron chi connectivity index (χ3n) is 6.83. The first-order valence-corrected chi connectivity index (χ1v) is 11.8. The molecule has 0 unspecified atom stereocenters. The number of benzene rings is 2. The molecule has 0 saturated carbocycles. The topological polar surface area (TPSA) is 61.4 Å². The summed E-state index contributed by atoms with van der Waals surface area (Å²) in [6.45, 7) is 3.34. The molecule has 1 N–H and O–H groups in total. The van der Waals surface area contributed by atoms with Crippen molar-refractivity contribution in [2.45, 2.75) is 31.7 Å². The van der Waals surface area contributed by atoms with Crippen molar-refractivity contribution in [2.75, 3.05) is 39.0 Å². The van der Waals surface area contributed by atoms with E-state index in [1.165, 1.54) is 6.42 Å². The van der Waals surface area contributed by atoms with Crippen LogP contribution >= 0.6 is 0 Å². The summed E-state index contributed by atoms with van der Waals surface area (Å²) in [7, 11) is 4.07. The highest BCUT2D eigenvalue weighted by atomic mass is 16.2. The van der Waals surface area contributed by atoms with Gasteiger partial charge in [0, 0.05) is 43.6 Å². The minimum absolute atomic E-state index is 0.0557. The lowest BCUT2D eigenvalue weighted by molar-refractivity contribution is 0.0734. The molecule has 1 atom stereocenters. The van der Waals surface area contributed by atoms with Crippen LogP contribution in [0.25, 0.3) is 11.1 Å². The molecule has 3 heterocycles. The van der Waals surface area contributed by atoms with E-state index >= 15 is 0 Å². The summed E-state index contributed by atoms with van der Waals surface area (Å²) in [6, 6.07) is 18.0. The molecule has 170 valence electrons. The first kappa shape index (κ1) is 21.6. The standard InChI is InChI=1S/C27H31N5O/c1-28-26-23-18-32(16-14-24(23)29-25(30-26)20-11-8-15-31(2)17-20)27(33)22-13-7-6-12-21(22)19-9-4-3-5-10-19/h3-7,9-10,12-13,20H,8,11,14-18H2,1-2H3,(H,28,29,30)/t20-/m0/s1. The molecule has 2 aliphatic heterocycles. The Balaban J connectivity index is 1.42. The van der Waals surface area contributed by atoms with E-state index in [-0.39, 0.29) is 5.91 Å². The highest BCUT2D eigenvalue weighted by molar-refractivity contribution is 6.01. The monoisotopic (exact) mass is 441 g/mol. The number of likely N-dealkylation sites (N-methyl/N-ethyl adjacent to an activating group) is 1. The summed E-state index contributed by atoms with van der Waals surface area (Å²) in [5, 5.41) is 3.28. The maximum Gasteiger partial charge on any atom is 0.254 e. The molecule has 3 aromatic rings. The predicted octanol–water partition coefficient (Wildman–Crippen LogP) is 4.19. The van der Waals surface area contributed by atoms with Crippen LogP contribution < -0.4 is 5.32 Å². The van der Waals surface area contributed by atoms with Gasteiger partial charge in [-0.15, -0.1) is 0 Å². The fraction of sp³-hybridized carbons (Fsp3) is 0.370.